The summed E-state index contributed by atoms with van der Waals surface area (Å²) in [6.45, 7) is 4.11. The maximum atomic E-state index is 14.0. The zero-order valence-corrected chi connectivity index (χ0v) is 17.3. The van der Waals surface area contributed by atoms with Crippen LogP contribution < -0.4 is 4.74 Å². The van der Waals surface area contributed by atoms with Crippen LogP contribution in [0.4, 0.5) is 8.78 Å². The van der Waals surface area contributed by atoms with E-state index < -0.39 is 17.9 Å². The smallest absolute Gasteiger partial charge is 0.213 e. The van der Waals surface area contributed by atoms with Crippen LogP contribution in [0.25, 0.3) is 0 Å². The monoisotopic (exact) mass is 424 g/mol. The maximum Gasteiger partial charge on any atom is 0.213 e. The van der Waals surface area contributed by atoms with E-state index in [0.29, 0.717) is 22.8 Å². The molecule has 0 amide bonds. The van der Waals surface area contributed by atoms with Crippen molar-refractivity contribution in [3.05, 3.63) is 99.1 Å². The molecule has 3 nitrogen and oxygen atoms in total. The van der Waals surface area contributed by atoms with E-state index in [1.807, 2.05) is 24.1 Å². The van der Waals surface area contributed by atoms with Gasteiger partial charge < -0.3 is 4.74 Å². The van der Waals surface area contributed by atoms with Gasteiger partial charge in [-0.05, 0) is 55.8 Å². The van der Waals surface area contributed by atoms with Crippen LogP contribution in [0, 0.1) is 25.5 Å². The fraction of sp³-hybridized carbons (Fsp3) is 0.208. The van der Waals surface area contributed by atoms with Gasteiger partial charge in [-0.25, -0.2) is 13.8 Å². The van der Waals surface area contributed by atoms with Crippen molar-refractivity contribution in [2.24, 2.45) is 5.10 Å². The molecule has 0 spiro atoms. The molecule has 2 atom stereocenters. The van der Waals surface area contributed by atoms with Gasteiger partial charge in [0.05, 0.1) is 11.8 Å². The van der Waals surface area contributed by atoms with Gasteiger partial charge in [-0.15, -0.1) is 0 Å². The second-order valence-corrected chi connectivity index (χ2v) is 8.23. The zero-order valence-electron chi connectivity index (χ0n) is 16.5. The normalized spacial score (nSPS) is 19.8. The highest BCUT2D eigenvalue weighted by atomic mass is 35.5. The Bertz CT molecular complexity index is 1190. The van der Waals surface area contributed by atoms with Gasteiger partial charge in [0.15, 0.2) is 11.6 Å². The van der Waals surface area contributed by atoms with Crippen molar-refractivity contribution in [3.8, 4) is 5.75 Å². The summed E-state index contributed by atoms with van der Waals surface area (Å²) in [5.41, 5.74) is 5.74. The maximum absolute atomic E-state index is 14.0. The number of fused-ring (bicyclic) bond motifs is 3. The van der Waals surface area contributed by atoms with E-state index >= 15 is 0 Å². The Morgan fingerprint density at radius 1 is 1.00 bits per heavy atom. The Labute approximate surface area is 178 Å². The topological polar surface area (TPSA) is 24.8 Å². The average molecular weight is 425 g/mol. The van der Waals surface area contributed by atoms with E-state index in [9.17, 15) is 8.78 Å². The summed E-state index contributed by atoms with van der Waals surface area (Å²) in [4.78, 5) is 0. The molecule has 0 bridgehead atoms. The van der Waals surface area contributed by atoms with Crippen molar-refractivity contribution in [2.75, 3.05) is 0 Å². The van der Waals surface area contributed by atoms with Crippen LogP contribution in [0.2, 0.25) is 5.02 Å². The average Bonchev–Trinajstić information content (AvgIpc) is 3.17. The number of halogens is 3. The molecule has 0 saturated carbocycles. The number of hydrogen-bond donors (Lipinski definition) is 0. The first-order valence-electron chi connectivity index (χ1n) is 9.75. The van der Waals surface area contributed by atoms with Crippen LogP contribution in [0.5, 0.6) is 5.75 Å². The summed E-state index contributed by atoms with van der Waals surface area (Å²) >= 11 is 6.26. The predicted octanol–water partition coefficient (Wildman–Crippen LogP) is 6.48. The van der Waals surface area contributed by atoms with Crippen LogP contribution in [0.1, 0.15) is 46.5 Å². The summed E-state index contributed by atoms with van der Waals surface area (Å²) in [6, 6.07) is 15.5. The van der Waals surface area contributed by atoms with Crippen molar-refractivity contribution < 1.29 is 13.5 Å². The largest absolute Gasteiger partial charge is 0.464 e. The fourth-order valence-electron chi connectivity index (χ4n) is 4.15. The van der Waals surface area contributed by atoms with E-state index in [0.717, 1.165) is 34.0 Å². The first-order chi connectivity index (χ1) is 14.4. The molecule has 0 unspecified atom stereocenters. The van der Waals surface area contributed by atoms with Crippen LogP contribution in [0.3, 0.4) is 0 Å². The third-order valence-corrected chi connectivity index (χ3v) is 5.92. The highest BCUT2D eigenvalue weighted by molar-refractivity contribution is 6.30. The summed E-state index contributed by atoms with van der Waals surface area (Å²) in [5.74, 6) is -1.13. The molecule has 0 aliphatic carbocycles. The molecule has 0 aromatic heterocycles. The molecule has 2 aliphatic heterocycles. The van der Waals surface area contributed by atoms with E-state index in [4.69, 9.17) is 21.4 Å². The van der Waals surface area contributed by atoms with E-state index in [-0.39, 0.29) is 6.04 Å². The highest BCUT2D eigenvalue weighted by Gasteiger charge is 2.41. The first kappa shape index (κ1) is 19.1. The van der Waals surface area contributed by atoms with Crippen LogP contribution in [-0.4, -0.2) is 10.7 Å². The molecular formula is C24H19ClF2N2O. The molecule has 3 aromatic carbocycles. The molecule has 3 aromatic rings. The molecule has 0 N–H and O–H groups in total. The molecule has 152 valence electrons. The van der Waals surface area contributed by atoms with Gasteiger partial charge >= 0.3 is 0 Å². The van der Waals surface area contributed by atoms with Crippen LogP contribution in [0.15, 0.2) is 59.7 Å². The molecule has 2 aliphatic rings. The zero-order chi connectivity index (χ0) is 21.0. The Morgan fingerprint density at radius 2 is 1.83 bits per heavy atom. The number of hydrogen-bond acceptors (Lipinski definition) is 3. The molecule has 30 heavy (non-hydrogen) atoms. The summed E-state index contributed by atoms with van der Waals surface area (Å²) in [6.07, 6.45) is 0.00245. The number of aryl methyl sites for hydroxylation is 2. The van der Waals surface area contributed by atoms with Crippen LogP contribution >= 0.6 is 11.6 Å². The number of nitrogens with zero attached hydrogens (tertiary/aromatic N) is 2. The van der Waals surface area contributed by atoms with Crippen molar-refractivity contribution in [1.82, 2.24) is 5.01 Å². The van der Waals surface area contributed by atoms with Crippen molar-refractivity contribution >= 4 is 17.3 Å². The van der Waals surface area contributed by atoms with Gasteiger partial charge in [-0.1, -0.05) is 35.4 Å². The molecule has 6 heteroatoms. The van der Waals surface area contributed by atoms with Crippen molar-refractivity contribution in [3.63, 3.8) is 0 Å². The second-order valence-electron chi connectivity index (χ2n) is 7.79. The molecule has 0 saturated heterocycles. The quantitative estimate of drug-likeness (QED) is 0.470. The van der Waals surface area contributed by atoms with Gasteiger partial charge in [0.2, 0.25) is 6.23 Å². The lowest BCUT2D eigenvalue weighted by molar-refractivity contribution is -0.0192. The molecule has 2 heterocycles. The number of hydrazone groups is 1. The molecule has 0 fully saturated rings. The lowest BCUT2D eigenvalue weighted by Crippen LogP contribution is -2.33. The fourth-order valence-corrected chi connectivity index (χ4v) is 4.33. The standard InChI is InChI=1S/C24H19ClF2N2O/c1-13-3-4-14(2)17(9-13)21-12-22-18-11-16(25)6-8-23(18)30-24(29(22)28-21)15-5-7-19(26)20(27)10-15/h3-11,22,24H,12H2,1-2H3/t22-,24+/m0/s1. The van der Waals surface area contributed by atoms with Crippen LogP contribution in [-0.2, 0) is 0 Å². The molecular weight excluding hydrogens is 406 g/mol. The predicted molar refractivity (Wildman–Crippen MR) is 113 cm³/mol. The Hall–Kier alpha value is -2.92. The third-order valence-electron chi connectivity index (χ3n) is 5.68. The summed E-state index contributed by atoms with van der Waals surface area (Å²) in [5, 5.41) is 7.34. The second kappa shape index (κ2) is 7.10. The van der Waals surface area contributed by atoms with Crippen molar-refractivity contribution in [2.45, 2.75) is 32.5 Å². The van der Waals surface area contributed by atoms with Gasteiger partial charge in [-0.3, -0.25) is 0 Å². The molecule has 5 rings (SSSR count). The third kappa shape index (κ3) is 3.14. The number of ether oxygens (including phenoxy) is 1. The highest BCUT2D eigenvalue weighted by Crippen LogP contribution is 2.48. The summed E-state index contributed by atoms with van der Waals surface area (Å²) < 4.78 is 33.7. The Morgan fingerprint density at radius 3 is 2.63 bits per heavy atom. The van der Waals surface area contributed by atoms with Gasteiger partial charge in [0, 0.05) is 28.1 Å². The van der Waals surface area contributed by atoms with E-state index in [1.54, 1.807) is 6.07 Å². The van der Waals surface area contributed by atoms with E-state index in [1.165, 1.54) is 12.1 Å². The number of rotatable bonds is 2. The SMILES string of the molecule is Cc1ccc(C)c(C2=NN3[C@@H](c4ccc(F)c(F)c4)Oc4ccc(Cl)cc4[C@@H]3C2)c1. The van der Waals surface area contributed by atoms with Crippen molar-refractivity contribution in [1.29, 1.82) is 0 Å². The number of benzene rings is 3. The first-order valence-corrected chi connectivity index (χ1v) is 10.1. The van der Waals surface area contributed by atoms with Gasteiger partial charge in [0.1, 0.15) is 5.75 Å². The lowest BCUT2D eigenvalue weighted by Gasteiger charge is -2.38. The molecule has 0 radical (unpaired) electrons. The Kier molecular flexibility index (Phi) is 4.51. The summed E-state index contributed by atoms with van der Waals surface area (Å²) in [7, 11) is 0. The minimum atomic E-state index is -0.910. The van der Waals surface area contributed by atoms with Gasteiger partial charge in [-0.2, -0.15) is 5.10 Å². The van der Waals surface area contributed by atoms with E-state index in [2.05, 4.69) is 25.1 Å². The minimum Gasteiger partial charge on any atom is -0.464 e. The van der Waals surface area contributed by atoms with Gasteiger partial charge in [0.25, 0.3) is 0 Å². The Balaban J connectivity index is 1.63. The lowest BCUT2D eigenvalue weighted by atomic mass is 9.93. The minimum absolute atomic E-state index is 0.111.